The van der Waals surface area contributed by atoms with Gasteiger partial charge in [-0.15, -0.1) is 11.6 Å². The minimum atomic E-state index is -2.12. The molecular weight excluding hydrogens is 219 g/mol. The van der Waals surface area contributed by atoms with Gasteiger partial charge in [-0.3, -0.25) is 4.21 Å². The summed E-state index contributed by atoms with van der Waals surface area (Å²) in [5.74, 6) is 0.555. The molecule has 0 aliphatic heterocycles. The van der Waals surface area contributed by atoms with Crippen molar-refractivity contribution in [3.05, 3.63) is 29.8 Å². The molecule has 0 saturated carbocycles. The Morgan fingerprint density at radius 3 is 2.23 bits per heavy atom. The van der Waals surface area contributed by atoms with Gasteiger partial charge in [-0.05, 0) is 35.2 Å². The van der Waals surface area contributed by atoms with E-state index in [-0.39, 0.29) is 29.6 Å². The first-order chi connectivity index (χ1) is 5.74. The number of benzene rings is 1. The molecule has 1 aromatic rings. The minimum Gasteiger partial charge on any atom is -0.768 e. The maximum Gasteiger partial charge on any atom is 1.00 e. The van der Waals surface area contributed by atoms with Crippen LogP contribution >= 0.6 is 11.6 Å². The average molecular weight is 227 g/mol. The van der Waals surface area contributed by atoms with Crippen molar-refractivity contribution < 1.29 is 38.3 Å². The zero-order valence-corrected chi connectivity index (χ0v) is 10.9. The molecule has 0 amide bonds. The molecule has 1 unspecified atom stereocenters. The van der Waals surface area contributed by atoms with Gasteiger partial charge in [-0.25, -0.2) is 0 Å². The van der Waals surface area contributed by atoms with E-state index in [0.29, 0.717) is 10.8 Å². The Bertz CT molecular complexity index is 276. The van der Waals surface area contributed by atoms with Crippen molar-refractivity contribution in [3.63, 3.8) is 0 Å². The van der Waals surface area contributed by atoms with E-state index in [1.54, 1.807) is 24.3 Å². The molecule has 0 heterocycles. The van der Waals surface area contributed by atoms with Crippen molar-refractivity contribution in [3.8, 4) is 0 Å². The number of aryl methyl sites for hydroxylation is 1. The predicted octanol–water partition coefficient (Wildman–Crippen LogP) is -1.29. The first-order valence-electron chi connectivity index (χ1n) is 3.48. The van der Waals surface area contributed by atoms with Crippen LogP contribution in [0, 0.1) is 0 Å². The van der Waals surface area contributed by atoms with E-state index < -0.39 is 11.1 Å². The molecule has 1 aromatic carbocycles. The van der Waals surface area contributed by atoms with E-state index in [1.807, 2.05) is 0 Å². The Morgan fingerprint density at radius 1 is 1.31 bits per heavy atom. The number of hydrogen-bond acceptors (Lipinski definition) is 2. The number of hydrogen-bond donors (Lipinski definition) is 0. The summed E-state index contributed by atoms with van der Waals surface area (Å²) in [7, 11) is 0. The van der Waals surface area contributed by atoms with Gasteiger partial charge >= 0.3 is 29.6 Å². The fraction of sp³-hybridized carbons (Fsp3) is 0.250. The maximum atomic E-state index is 10.4. The van der Waals surface area contributed by atoms with Gasteiger partial charge < -0.3 is 4.55 Å². The maximum absolute atomic E-state index is 10.4. The van der Waals surface area contributed by atoms with Gasteiger partial charge in [0.05, 0.1) is 0 Å². The normalized spacial score (nSPS) is 11.8. The monoisotopic (exact) mass is 226 g/mol. The van der Waals surface area contributed by atoms with Crippen LogP contribution in [0.4, 0.5) is 0 Å². The van der Waals surface area contributed by atoms with Crippen molar-refractivity contribution in [2.45, 2.75) is 11.3 Å². The Kier molecular flexibility index (Phi) is 7.32. The van der Waals surface area contributed by atoms with Crippen LogP contribution in [-0.2, 0) is 17.5 Å². The Balaban J connectivity index is 0.00000144. The van der Waals surface area contributed by atoms with Gasteiger partial charge in [0.2, 0.25) is 0 Å². The van der Waals surface area contributed by atoms with Crippen molar-refractivity contribution in [1.29, 1.82) is 0 Å². The Labute approximate surface area is 107 Å². The van der Waals surface area contributed by atoms with Gasteiger partial charge in [-0.2, -0.15) is 0 Å². The number of alkyl halides is 1. The van der Waals surface area contributed by atoms with Crippen molar-refractivity contribution in [1.82, 2.24) is 0 Å². The van der Waals surface area contributed by atoms with Gasteiger partial charge in [0.1, 0.15) is 0 Å². The van der Waals surface area contributed by atoms with E-state index in [0.717, 1.165) is 12.0 Å². The van der Waals surface area contributed by atoms with E-state index in [9.17, 15) is 8.76 Å². The number of halogens is 1. The van der Waals surface area contributed by atoms with Crippen molar-refractivity contribution in [2.24, 2.45) is 0 Å². The Morgan fingerprint density at radius 2 is 1.85 bits per heavy atom. The minimum absolute atomic E-state index is 0. The van der Waals surface area contributed by atoms with Crippen LogP contribution in [-0.4, -0.2) is 14.6 Å². The van der Waals surface area contributed by atoms with Crippen LogP contribution in [0.2, 0.25) is 0 Å². The third kappa shape index (κ3) is 4.58. The summed E-state index contributed by atoms with van der Waals surface area (Å²) in [6.45, 7) is 0. The summed E-state index contributed by atoms with van der Waals surface area (Å²) < 4.78 is 20.9. The molecule has 0 radical (unpaired) electrons. The second kappa shape index (κ2) is 6.98. The molecule has 0 saturated heterocycles. The number of rotatable bonds is 3. The SMILES string of the molecule is O=S([O-])c1ccc(CCCl)cc1.[Na+]. The molecule has 0 aliphatic rings. The topological polar surface area (TPSA) is 40.1 Å². The largest absolute Gasteiger partial charge is 1.00 e. The van der Waals surface area contributed by atoms with Crippen molar-refractivity contribution in [2.75, 3.05) is 5.88 Å². The second-order valence-corrected chi connectivity index (χ2v) is 3.64. The van der Waals surface area contributed by atoms with Gasteiger partial charge in [0.15, 0.2) is 0 Å². The first kappa shape index (κ1) is 13.6. The van der Waals surface area contributed by atoms with E-state index >= 15 is 0 Å². The molecule has 1 atom stereocenters. The molecule has 0 aromatic heterocycles. The van der Waals surface area contributed by atoms with Crippen LogP contribution in [0.25, 0.3) is 0 Å². The molecule has 0 fully saturated rings. The molecule has 13 heavy (non-hydrogen) atoms. The van der Waals surface area contributed by atoms with Crippen LogP contribution in [0.15, 0.2) is 29.2 Å². The van der Waals surface area contributed by atoms with Gasteiger partial charge in [-0.1, -0.05) is 12.1 Å². The quantitative estimate of drug-likeness (QED) is 0.366. The smallest absolute Gasteiger partial charge is 0.768 e. The molecule has 1 rings (SSSR count). The van der Waals surface area contributed by atoms with Crippen LogP contribution < -0.4 is 29.6 Å². The molecule has 0 N–H and O–H groups in total. The summed E-state index contributed by atoms with van der Waals surface area (Å²) in [5.41, 5.74) is 1.05. The summed E-state index contributed by atoms with van der Waals surface area (Å²) in [4.78, 5) is 0.313. The molecule has 5 heteroatoms. The van der Waals surface area contributed by atoms with E-state index in [2.05, 4.69) is 0 Å². The van der Waals surface area contributed by atoms with Crippen molar-refractivity contribution >= 4 is 22.7 Å². The fourth-order valence-corrected chi connectivity index (χ4v) is 1.45. The average Bonchev–Trinajstić information content (AvgIpc) is 2.06. The summed E-state index contributed by atoms with van der Waals surface area (Å²) in [5, 5.41) is 0. The Hall–Kier alpha value is 0.620. The third-order valence-corrected chi connectivity index (χ3v) is 2.35. The fourth-order valence-electron chi connectivity index (χ4n) is 0.876. The summed E-state index contributed by atoms with van der Waals surface area (Å²) in [6, 6.07) is 6.69. The molecule has 2 nitrogen and oxygen atoms in total. The van der Waals surface area contributed by atoms with Crippen LogP contribution in [0.3, 0.4) is 0 Å². The molecule has 0 aliphatic carbocycles. The molecule has 0 spiro atoms. The molecular formula is C8H8ClNaO2S. The zero-order valence-electron chi connectivity index (χ0n) is 7.33. The van der Waals surface area contributed by atoms with Gasteiger partial charge in [0.25, 0.3) is 0 Å². The molecule has 0 bridgehead atoms. The predicted molar refractivity (Wildman–Crippen MR) is 48.1 cm³/mol. The molecule has 66 valence electrons. The standard InChI is InChI=1S/C8H9ClO2S.Na/c9-6-5-7-1-3-8(4-2-7)12(10)11;/h1-4H,5-6H2,(H,10,11);/q;+1/p-1. The zero-order chi connectivity index (χ0) is 8.97. The first-order valence-corrected chi connectivity index (χ1v) is 5.09. The second-order valence-electron chi connectivity index (χ2n) is 2.32. The van der Waals surface area contributed by atoms with E-state index in [4.69, 9.17) is 11.6 Å². The van der Waals surface area contributed by atoms with Crippen LogP contribution in [0.5, 0.6) is 0 Å². The summed E-state index contributed by atoms with van der Waals surface area (Å²) >= 11 is 3.39. The van der Waals surface area contributed by atoms with Crippen LogP contribution in [0.1, 0.15) is 5.56 Å². The summed E-state index contributed by atoms with van der Waals surface area (Å²) in [6.07, 6.45) is 0.771. The van der Waals surface area contributed by atoms with Gasteiger partial charge in [0, 0.05) is 10.8 Å². The van der Waals surface area contributed by atoms with E-state index in [1.165, 1.54) is 0 Å². The third-order valence-electron chi connectivity index (χ3n) is 1.50.